The van der Waals surface area contributed by atoms with Gasteiger partial charge in [-0.3, -0.25) is 0 Å². The van der Waals surface area contributed by atoms with Gasteiger partial charge in [-0.05, 0) is 58.0 Å². The van der Waals surface area contributed by atoms with Crippen molar-refractivity contribution >= 4 is 5.78 Å². The first-order valence-electron chi connectivity index (χ1n) is 6.76. The molecule has 0 spiro atoms. The minimum Gasteiger partial charge on any atom is -0.496 e. The molecular formula is C16H25NO2. The molecule has 106 valence electrons. The van der Waals surface area contributed by atoms with E-state index in [9.17, 15) is 4.79 Å². The molecule has 0 N–H and O–H groups in total. The van der Waals surface area contributed by atoms with Crippen LogP contribution in [0.4, 0.5) is 0 Å². The summed E-state index contributed by atoms with van der Waals surface area (Å²) in [6.07, 6.45) is 1.58. The molecule has 0 radical (unpaired) electrons. The molecule has 0 saturated carbocycles. The largest absolute Gasteiger partial charge is 0.496 e. The Morgan fingerprint density at radius 2 is 1.89 bits per heavy atom. The molecule has 1 aromatic rings. The highest BCUT2D eigenvalue weighted by Crippen LogP contribution is 2.24. The summed E-state index contributed by atoms with van der Waals surface area (Å²) >= 11 is 0. The quantitative estimate of drug-likeness (QED) is 0.757. The third-order valence-electron chi connectivity index (χ3n) is 3.41. The summed E-state index contributed by atoms with van der Waals surface area (Å²) in [5.41, 5.74) is 3.74. The maximum absolute atomic E-state index is 10.9. The van der Waals surface area contributed by atoms with Crippen LogP contribution >= 0.6 is 0 Å². The van der Waals surface area contributed by atoms with E-state index in [1.54, 1.807) is 14.0 Å². The van der Waals surface area contributed by atoms with Gasteiger partial charge in [-0.2, -0.15) is 0 Å². The number of aryl methyl sites for hydroxylation is 2. The van der Waals surface area contributed by atoms with Gasteiger partial charge in [0.2, 0.25) is 0 Å². The minimum atomic E-state index is 0.261. The standard InChI is InChI=1S/C16H25NO2/c1-12-9-15(16(19-5)10-13(12)2)11-17(4)8-6-7-14(3)18/h9-10H,6-8,11H2,1-5H3. The number of benzene rings is 1. The van der Waals surface area contributed by atoms with E-state index >= 15 is 0 Å². The normalized spacial score (nSPS) is 10.8. The Balaban J connectivity index is 2.65. The summed E-state index contributed by atoms with van der Waals surface area (Å²) in [5, 5.41) is 0. The number of ketones is 1. The molecule has 0 aliphatic rings. The second-order valence-electron chi connectivity index (χ2n) is 5.29. The molecule has 0 unspecified atom stereocenters. The number of Topliss-reactive ketones (excluding diaryl/α,β-unsaturated/α-hetero) is 1. The number of ether oxygens (including phenoxy) is 1. The van der Waals surface area contributed by atoms with E-state index in [-0.39, 0.29) is 5.78 Å². The first-order valence-corrected chi connectivity index (χ1v) is 6.76. The number of methoxy groups -OCH3 is 1. The van der Waals surface area contributed by atoms with Crippen molar-refractivity contribution in [3.8, 4) is 5.75 Å². The number of carbonyl (C=O) groups is 1. The maximum Gasteiger partial charge on any atom is 0.129 e. The lowest BCUT2D eigenvalue weighted by Gasteiger charge is -2.19. The summed E-state index contributed by atoms with van der Waals surface area (Å²) in [7, 11) is 3.79. The van der Waals surface area contributed by atoms with Crippen molar-refractivity contribution in [2.45, 2.75) is 40.2 Å². The summed E-state index contributed by atoms with van der Waals surface area (Å²) < 4.78 is 5.44. The summed E-state index contributed by atoms with van der Waals surface area (Å²) in [6.45, 7) is 7.64. The van der Waals surface area contributed by atoms with Gasteiger partial charge in [-0.15, -0.1) is 0 Å². The van der Waals surface area contributed by atoms with E-state index in [1.807, 2.05) is 0 Å². The Morgan fingerprint density at radius 1 is 1.26 bits per heavy atom. The van der Waals surface area contributed by atoms with Crippen LogP contribution in [0.2, 0.25) is 0 Å². The van der Waals surface area contributed by atoms with Crippen LogP contribution in [-0.2, 0) is 11.3 Å². The van der Waals surface area contributed by atoms with Gasteiger partial charge >= 0.3 is 0 Å². The Labute approximate surface area is 116 Å². The highest BCUT2D eigenvalue weighted by molar-refractivity contribution is 5.75. The Hall–Kier alpha value is -1.35. The predicted molar refractivity (Wildman–Crippen MR) is 78.7 cm³/mol. The summed E-state index contributed by atoms with van der Waals surface area (Å²) in [5.74, 6) is 1.21. The molecule has 0 aliphatic carbocycles. The van der Waals surface area contributed by atoms with Crippen LogP contribution in [-0.4, -0.2) is 31.4 Å². The fourth-order valence-electron chi connectivity index (χ4n) is 2.13. The average molecular weight is 263 g/mol. The van der Waals surface area contributed by atoms with Crippen molar-refractivity contribution in [1.82, 2.24) is 4.90 Å². The first-order chi connectivity index (χ1) is 8.93. The molecule has 0 atom stereocenters. The van der Waals surface area contributed by atoms with Gasteiger partial charge < -0.3 is 14.4 Å². The van der Waals surface area contributed by atoms with Gasteiger partial charge in [0, 0.05) is 18.5 Å². The SMILES string of the molecule is COc1cc(C)c(C)cc1CN(C)CCCC(C)=O. The first kappa shape index (κ1) is 15.7. The highest BCUT2D eigenvalue weighted by Gasteiger charge is 2.08. The van der Waals surface area contributed by atoms with E-state index in [2.05, 4.69) is 37.9 Å². The fraction of sp³-hybridized carbons (Fsp3) is 0.562. The lowest BCUT2D eigenvalue weighted by Crippen LogP contribution is -2.20. The fourth-order valence-corrected chi connectivity index (χ4v) is 2.13. The smallest absolute Gasteiger partial charge is 0.129 e. The molecule has 0 saturated heterocycles. The van der Waals surface area contributed by atoms with E-state index in [1.165, 1.54) is 16.7 Å². The predicted octanol–water partition coefficient (Wildman–Crippen LogP) is 3.11. The average Bonchev–Trinajstić information content (AvgIpc) is 2.33. The van der Waals surface area contributed by atoms with Crippen LogP contribution in [0, 0.1) is 13.8 Å². The van der Waals surface area contributed by atoms with Crippen LogP contribution in [0.25, 0.3) is 0 Å². The molecule has 1 rings (SSSR count). The van der Waals surface area contributed by atoms with Gasteiger partial charge in [0.05, 0.1) is 7.11 Å². The van der Waals surface area contributed by atoms with Crippen LogP contribution in [0.1, 0.15) is 36.5 Å². The zero-order valence-electron chi connectivity index (χ0n) is 12.7. The molecule has 3 nitrogen and oxygen atoms in total. The van der Waals surface area contributed by atoms with E-state index in [0.717, 1.165) is 25.3 Å². The molecule has 0 aliphatic heterocycles. The van der Waals surface area contributed by atoms with Crippen molar-refractivity contribution < 1.29 is 9.53 Å². The van der Waals surface area contributed by atoms with Gasteiger partial charge in [-0.1, -0.05) is 6.07 Å². The topological polar surface area (TPSA) is 29.5 Å². The van der Waals surface area contributed by atoms with Crippen LogP contribution in [0.5, 0.6) is 5.75 Å². The monoisotopic (exact) mass is 263 g/mol. The summed E-state index contributed by atoms with van der Waals surface area (Å²) in [4.78, 5) is 13.2. The zero-order chi connectivity index (χ0) is 14.4. The van der Waals surface area contributed by atoms with Crippen molar-refractivity contribution in [2.75, 3.05) is 20.7 Å². The van der Waals surface area contributed by atoms with Crippen molar-refractivity contribution in [3.05, 3.63) is 28.8 Å². The third kappa shape index (κ3) is 5.03. The van der Waals surface area contributed by atoms with Gasteiger partial charge in [-0.25, -0.2) is 0 Å². The maximum atomic E-state index is 10.9. The van der Waals surface area contributed by atoms with Crippen molar-refractivity contribution in [2.24, 2.45) is 0 Å². The lowest BCUT2D eigenvalue weighted by atomic mass is 10.0. The lowest BCUT2D eigenvalue weighted by molar-refractivity contribution is -0.117. The summed E-state index contributed by atoms with van der Waals surface area (Å²) in [6, 6.07) is 4.28. The molecule has 1 aromatic carbocycles. The van der Waals surface area contributed by atoms with E-state index < -0.39 is 0 Å². The Morgan fingerprint density at radius 3 is 2.47 bits per heavy atom. The van der Waals surface area contributed by atoms with Crippen molar-refractivity contribution in [3.63, 3.8) is 0 Å². The highest BCUT2D eigenvalue weighted by atomic mass is 16.5. The van der Waals surface area contributed by atoms with Crippen LogP contribution in [0.15, 0.2) is 12.1 Å². The molecule has 19 heavy (non-hydrogen) atoms. The Bertz CT molecular complexity index is 441. The Kier molecular flexibility index (Phi) is 6.03. The molecule has 0 aromatic heterocycles. The van der Waals surface area contributed by atoms with E-state index in [4.69, 9.17) is 4.74 Å². The molecule has 0 fully saturated rings. The molecule has 0 heterocycles. The number of nitrogens with zero attached hydrogens (tertiary/aromatic N) is 1. The third-order valence-corrected chi connectivity index (χ3v) is 3.41. The molecule has 0 bridgehead atoms. The van der Waals surface area contributed by atoms with Gasteiger partial charge in [0.1, 0.15) is 11.5 Å². The number of hydrogen-bond acceptors (Lipinski definition) is 3. The van der Waals surface area contributed by atoms with Crippen LogP contribution < -0.4 is 4.74 Å². The van der Waals surface area contributed by atoms with Gasteiger partial charge in [0.15, 0.2) is 0 Å². The van der Waals surface area contributed by atoms with Crippen molar-refractivity contribution in [1.29, 1.82) is 0 Å². The van der Waals surface area contributed by atoms with Crippen LogP contribution in [0.3, 0.4) is 0 Å². The second kappa shape index (κ2) is 7.29. The minimum absolute atomic E-state index is 0.261. The molecule has 3 heteroatoms. The number of carbonyl (C=O) groups excluding carboxylic acids is 1. The molecule has 0 amide bonds. The van der Waals surface area contributed by atoms with E-state index in [0.29, 0.717) is 6.42 Å². The molecular weight excluding hydrogens is 238 g/mol. The van der Waals surface area contributed by atoms with Gasteiger partial charge in [0.25, 0.3) is 0 Å². The number of rotatable bonds is 7. The number of hydrogen-bond donors (Lipinski definition) is 0. The second-order valence-corrected chi connectivity index (χ2v) is 5.29. The zero-order valence-corrected chi connectivity index (χ0v) is 12.7.